The van der Waals surface area contributed by atoms with Crippen LogP contribution < -0.4 is 0 Å². The van der Waals surface area contributed by atoms with E-state index in [0.29, 0.717) is 31.7 Å². The van der Waals surface area contributed by atoms with E-state index in [1.165, 1.54) is 4.90 Å². The van der Waals surface area contributed by atoms with E-state index in [4.69, 9.17) is 5.11 Å². The molecule has 1 saturated heterocycles. The van der Waals surface area contributed by atoms with Crippen LogP contribution in [0.4, 0.5) is 4.79 Å². The summed E-state index contributed by atoms with van der Waals surface area (Å²) in [5, 5.41) is 9.05. The molecule has 4 nitrogen and oxygen atoms in total. The fourth-order valence-corrected chi connectivity index (χ4v) is 3.23. The Hall–Kier alpha value is -1.06. The Morgan fingerprint density at radius 1 is 1.50 bits per heavy atom. The fourth-order valence-electron chi connectivity index (χ4n) is 3.23. The van der Waals surface area contributed by atoms with Crippen LogP contribution in [-0.2, 0) is 4.79 Å². The van der Waals surface area contributed by atoms with Gasteiger partial charge in [-0.2, -0.15) is 0 Å². The van der Waals surface area contributed by atoms with Crippen molar-refractivity contribution in [2.24, 2.45) is 16.7 Å². The predicted molar refractivity (Wildman–Crippen MR) is 59.2 cm³/mol. The van der Waals surface area contributed by atoms with Crippen molar-refractivity contribution in [2.45, 2.75) is 33.6 Å². The van der Waals surface area contributed by atoms with Gasteiger partial charge in [-0.1, -0.05) is 20.8 Å². The molecule has 1 saturated carbocycles. The Bertz CT molecular complexity index is 345. The van der Waals surface area contributed by atoms with Gasteiger partial charge >= 0.3 is 6.09 Å². The first kappa shape index (κ1) is 11.4. The molecule has 16 heavy (non-hydrogen) atoms. The van der Waals surface area contributed by atoms with Crippen molar-refractivity contribution in [2.75, 3.05) is 13.1 Å². The lowest BCUT2D eigenvalue weighted by molar-refractivity contribution is -0.165. The third kappa shape index (κ3) is 1.35. The van der Waals surface area contributed by atoms with E-state index in [2.05, 4.69) is 20.8 Å². The van der Waals surface area contributed by atoms with E-state index < -0.39 is 6.09 Å². The van der Waals surface area contributed by atoms with Crippen molar-refractivity contribution in [3.63, 3.8) is 0 Å². The van der Waals surface area contributed by atoms with Crippen molar-refractivity contribution >= 4 is 11.9 Å². The molecule has 2 rings (SSSR count). The van der Waals surface area contributed by atoms with Crippen LogP contribution in [0.15, 0.2) is 0 Å². The quantitative estimate of drug-likeness (QED) is 0.686. The molecule has 0 radical (unpaired) electrons. The van der Waals surface area contributed by atoms with Crippen molar-refractivity contribution in [3.05, 3.63) is 0 Å². The van der Waals surface area contributed by atoms with Gasteiger partial charge in [0.2, 0.25) is 0 Å². The zero-order valence-corrected chi connectivity index (χ0v) is 10.1. The highest BCUT2D eigenvalue weighted by Gasteiger charge is 2.61. The molecule has 4 heteroatoms. The molecule has 1 N–H and O–H groups in total. The van der Waals surface area contributed by atoms with Crippen LogP contribution >= 0.6 is 0 Å². The number of nitrogens with zero attached hydrogens (tertiary/aromatic N) is 1. The molecule has 0 aromatic heterocycles. The topological polar surface area (TPSA) is 57.6 Å². The molecule has 0 spiro atoms. The highest BCUT2D eigenvalue weighted by atomic mass is 16.4. The molecule has 1 amide bonds. The summed E-state index contributed by atoms with van der Waals surface area (Å²) in [5.41, 5.74) is -0.138. The average Bonchev–Trinajstić information content (AvgIpc) is 2.13. The summed E-state index contributed by atoms with van der Waals surface area (Å²) in [6.45, 7) is 7.35. The maximum Gasteiger partial charge on any atom is 0.407 e. The number of hydrogen-bond donors (Lipinski definition) is 1. The van der Waals surface area contributed by atoms with E-state index >= 15 is 0 Å². The van der Waals surface area contributed by atoms with Crippen LogP contribution in [0.5, 0.6) is 0 Å². The highest BCUT2D eigenvalue weighted by molar-refractivity contribution is 5.90. The van der Waals surface area contributed by atoms with Gasteiger partial charge in [-0.3, -0.25) is 4.79 Å². The number of rotatable bonds is 0. The van der Waals surface area contributed by atoms with Gasteiger partial charge in [0.25, 0.3) is 0 Å². The van der Waals surface area contributed by atoms with Crippen molar-refractivity contribution in [3.8, 4) is 0 Å². The number of carboxylic acid groups (broad SMARTS) is 1. The zero-order chi connectivity index (χ0) is 12.1. The Labute approximate surface area is 95.6 Å². The van der Waals surface area contributed by atoms with Gasteiger partial charge in [-0.15, -0.1) is 0 Å². The van der Waals surface area contributed by atoms with Crippen LogP contribution in [0.1, 0.15) is 33.6 Å². The van der Waals surface area contributed by atoms with Crippen LogP contribution in [-0.4, -0.2) is 35.0 Å². The third-order valence-corrected chi connectivity index (χ3v) is 4.47. The number of piperidine rings is 1. The summed E-state index contributed by atoms with van der Waals surface area (Å²) in [7, 11) is 0. The minimum absolute atomic E-state index is 0.0142. The number of Topliss-reactive ketones (excluding diaryl/α,β-unsaturated/α-hetero) is 1. The van der Waals surface area contributed by atoms with Gasteiger partial charge in [0, 0.05) is 30.8 Å². The number of likely N-dealkylation sites (tertiary alicyclic amines) is 1. The molecule has 1 heterocycles. The number of amides is 1. The summed E-state index contributed by atoms with van der Waals surface area (Å²) in [6, 6.07) is 0. The molecular weight excluding hydrogens is 206 g/mol. The molecule has 2 aliphatic rings. The normalized spacial score (nSPS) is 34.3. The number of fused-ring (bicyclic) bond motifs is 1. The number of carbonyl (C=O) groups is 2. The Balaban J connectivity index is 2.26. The van der Waals surface area contributed by atoms with Crippen LogP contribution in [0.25, 0.3) is 0 Å². The predicted octanol–water partition coefficient (Wildman–Crippen LogP) is 1.99. The van der Waals surface area contributed by atoms with Crippen LogP contribution in [0, 0.1) is 16.7 Å². The Kier molecular flexibility index (Phi) is 2.30. The third-order valence-electron chi connectivity index (χ3n) is 4.47. The van der Waals surface area contributed by atoms with Crippen molar-refractivity contribution in [1.29, 1.82) is 0 Å². The lowest BCUT2D eigenvalue weighted by Crippen LogP contribution is -2.65. The maximum absolute atomic E-state index is 11.6. The monoisotopic (exact) mass is 225 g/mol. The molecular formula is C12H19NO3. The first-order valence-corrected chi connectivity index (χ1v) is 5.78. The minimum atomic E-state index is -0.860. The summed E-state index contributed by atoms with van der Waals surface area (Å²) < 4.78 is 0. The van der Waals surface area contributed by atoms with Crippen LogP contribution in [0.3, 0.4) is 0 Å². The lowest BCUT2D eigenvalue weighted by Gasteiger charge is -2.60. The molecule has 0 bridgehead atoms. The second kappa shape index (κ2) is 3.22. The molecule has 2 atom stereocenters. The first-order valence-electron chi connectivity index (χ1n) is 5.78. The van der Waals surface area contributed by atoms with Gasteiger partial charge in [-0.25, -0.2) is 4.79 Å². The smallest absolute Gasteiger partial charge is 0.407 e. The number of carbonyl (C=O) groups excluding carboxylic acids is 1. The summed E-state index contributed by atoms with van der Waals surface area (Å²) in [4.78, 5) is 24.1. The van der Waals surface area contributed by atoms with Gasteiger partial charge in [0.05, 0.1) is 0 Å². The second-order valence-electron chi connectivity index (χ2n) is 6.09. The summed E-state index contributed by atoms with van der Waals surface area (Å²) in [6.07, 6.45) is 0.384. The Morgan fingerprint density at radius 3 is 2.56 bits per heavy atom. The molecule has 0 aromatic carbocycles. The summed E-state index contributed by atoms with van der Waals surface area (Å²) in [5.74, 6) is 0.406. The molecule has 1 aliphatic heterocycles. The molecule has 0 aromatic rings. The lowest BCUT2D eigenvalue weighted by atomic mass is 9.46. The van der Waals surface area contributed by atoms with E-state index in [-0.39, 0.29) is 16.7 Å². The second-order valence-corrected chi connectivity index (χ2v) is 6.09. The van der Waals surface area contributed by atoms with E-state index in [9.17, 15) is 9.59 Å². The van der Waals surface area contributed by atoms with E-state index in [1.807, 2.05) is 0 Å². The number of ketones is 1. The molecule has 90 valence electrons. The maximum atomic E-state index is 11.6. The first-order chi connectivity index (χ1) is 7.28. The largest absolute Gasteiger partial charge is 0.465 e. The SMILES string of the molecule is CC(C)(C)[C@]12CC(=O)[C@H]1CCN(C(=O)O)C2. The van der Waals surface area contributed by atoms with Gasteiger partial charge in [-0.05, 0) is 11.8 Å². The van der Waals surface area contributed by atoms with Crippen molar-refractivity contribution < 1.29 is 14.7 Å². The van der Waals surface area contributed by atoms with Gasteiger partial charge < -0.3 is 10.0 Å². The van der Waals surface area contributed by atoms with Crippen LogP contribution in [0.2, 0.25) is 0 Å². The highest BCUT2D eigenvalue weighted by Crippen LogP contribution is 2.58. The zero-order valence-electron chi connectivity index (χ0n) is 10.1. The fraction of sp³-hybridized carbons (Fsp3) is 0.833. The minimum Gasteiger partial charge on any atom is -0.465 e. The van der Waals surface area contributed by atoms with E-state index in [1.54, 1.807) is 0 Å². The number of hydrogen-bond acceptors (Lipinski definition) is 2. The van der Waals surface area contributed by atoms with Gasteiger partial charge in [0.1, 0.15) is 5.78 Å². The average molecular weight is 225 g/mol. The summed E-state index contributed by atoms with van der Waals surface area (Å²) >= 11 is 0. The van der Waals surface area contributed by atoms with Gasteiger partial charge in [0.15, 0.2) is 0 Å². The van der Waals surface area contributed by atoms with E-state index in [0.717, 1.165) is 0 Å². The van der Waals surface area contributed by atoms with Crippen molar-refractivity contribution in [1.82, 2.24) is 4.90 Å². The Morgan fingerprint density at radius 2 is 2.12 bits per heavy atom. The molecule has 2 fully saturated rings. The molecule has 1 aliphatic carbocycles. The molecule has 0 unspecified atom stereocenters. The standard InChI is InChI=1S/C12H19NO3/c1-11(2,3)12-6-9(14)8(12)4-5-13(7-12)10(15)16/h8H,4-7H2,1-3H3,(H,15,16)/t8-,12+/m1/s1.